The van der Waals surface area contributed by atoms with Crippen molar-refractivity contribution in [2.24, 2.45) is 7.05 Å². The number of hydrogen-bond acceptors (Lipinski definition) is 4. The second kappa shape index (κ2) is 8.65. The topological polar surface area (TPSA) is 92.4 Å². The van der Waals surface area contributed by atoms with Crippen LogP contribution in [0, 0.1) is 0 Å². The number of hydrogen-bond donors (Lipinski definition) is 2. The number of nitrogens with one attached hydrogen (secondary N) is 1. The third-order valence-electron chi connectivity index (χ3n) is 4.66. The molecule has 146 valence electrons. The van der Waals surface area contributed by atoms with Crippen LogP contribution in [0.4, 0.5) is 0 Å². The van der Waals surface area contributed by atoms with Gasteiger partial charge in [0.1, 0.15) is 18.6 Å². The third kappa shape index (κ3) is 4.19. The van der Waals surface area contributed by atoms with Crippen molar-refractivity contribution >= 4 is 33.9 Å². The molecule has 0 radical (unpaired) electrons. The molecule has 0 aliphatic heterocycles. The number of carbonyl (C=O) groups is 2. The van der Waals surface area contributed by atoms with Crippen molar-refractivity contribution in [3.8, 4) is 5.75 Å². The fraction of sp³-hybridized carbons (Fsp3) is 0.333. The number of aromatic nitrogens is 2. The van der Waals surface area contributed by atoms with E-state index in [1.807, 2.05) is 49.5 Å². The largest absolute Gasteiger partial charge is 0.491 e. The zero-order chi connectivity index (χ0) is 20.1. The Morgan fingerprint density at radius 1 is 1.18 bits per heavy atom. The van der Waals surface area contributed by atoms with Crippen LogP contribution in [-0.4, -0.2) is 34.6 Å². The highest BCUT2D eigenvalue weighted by molar-refractivity contribution is 5.85. The molecule has 1 heterocycles. The molecule has 1 unspecified atom stereocenters. The third-order valence-corrected chi connectivity index (χ3v) is 4.66. The van der Waals surface area contributed by atoms with Crippen molar-refractivity contribution in [3.63, 3.8) is 0 Å². The molecule has 0 saturated heterocycles. The van der Waals surface area contributed by atoms with Gasteiger partial charge in [-0.3, -0.25) is 4.79 Å². The first-order chi connectivity index (χ1) is 13.5. The number of carboxylic acids is 1. The Kier molecular flexibility index (Phi) is 6.03. The first kappa shape index (κ1) is 19.5. The molecule has 0 bridgehead atoms. The Morgan fingerprint density at radius 2 is 1.93 bits per heavy atom. The Hall–Kier alpha value is -3.22. The number of carboxylic acid groups (broad SMARTS) is 1. The predicted molar refractivity (Wildman–Crippen MR) is 105 cm³/mol. The molecule has 0 spiro atoms. The number of rotatable bonds is 8. The van der Waals surface area contributed by atoms with Crippen LogP contribution < -0.4 is 14.6 Å². The van der Waals surface area contributed by atoms with E-state index in [-0.39, 0.29) is 12.3 Å². The molecule has 2 aromatic carbocycles. The second-order valence-corrected chi connectivity index (χ2v) is 6.60. The minimum Gasteiger partial charge on any atom is -0.491 e. The number of aryl methyl sites for hydroxylation is 1. The molecule has 0 fully saturated rings. The van der Waals surface area contributed by atoms with E-state index in [0.717, 1.165) is 22.1 Å². The zero-order valence-electron chi connectivity index (χ0n) is 16.0. The van der Waals surface area contributed by atoms with E-state index in [4.69, 9.17) is 14.8 Å². The van der Waals surface area contributed by atoms with Crippen molar-refractivity contribution in [2.75, 3.05) is 6.61 Å². The molecule has 0 aliphatic carbocycles. The molecule has 0 aliphatic rings. The van der Waals surface area contributed by atoms with Crippen molar-refractivity contribution in [1.82, 2.24) is 10.3 Å². The summed E-state index contributed by atoms with van der Waals surface area (Å²) in [6, 6.07) is 12.8. The van der Waals surface area contributed by atoms with E-state index in [0.29, 0.717) is 25.2 Å². The van der Waals surface area contributed by atoms with E-state index >= 15 is 0 Å². The summed E-state index contributed by atoms with van der Waals surface area (Å²) in [4.78, 5) is 27.6. The molecule has 7 heteroatoms. The lowest BCUT2D eigenvalue weighted by molar-refractivity contribution is -0.617. The number of amides is 1. The van der Waals surface area contributed by atoms with Gasteiger partial charge < -0.3 is 15.2 Å². The zero-order valence-corrected chi connectivity index (χ0v) is 16.0. The maximum absolute atomic E-state index is 11.9. The van der Waals surface area contributed by atoms with Crippen molar-refractivity contribution in [1.29, 1.82) is 0 Å². The van der Waals surface area contributed by atoms with Crippen LogP contribution in [0.1, 0.15) is 26.2 Å². The van der Waals surface area contributed by atoms with Gasteiger partial charge in [-0.15, -0.1) is 0 Å². The van der Waals surface area contributed by atoms with Gasteiger partial charge in [0.15, 0.2) is 11.3 Å². The maximum Gasteiger partial charge on any atom is 0.326 e. The smallest absolute Gasteiger partial charge is 0.326 e. The number of para-hydroxylation sites is 3. The van der Waals surface area contributed by atoms with Crippen LogP contribution in [0.5, 0.6) is 5.75 Å². The summed E-state index contributed by atoms with van der Waals surface area (Å²) in [6.07, 6.45) is 1.04. The summed E-state index contributed by atoms with van der Waals surface area (Å²) in [5.74, 6) is -0.642. The number of benzene rings is 2. The summed E-state index contributed by atoms with van der Waals surface area (Å²) in [5.41, 5.74) is 3.64. The van der Waals surface area contributed by atoms with Crippen molar-refractivity contribution in [3.05, 3.63) is 42.5 Å². The van der Waals surface area contributed by atoms with Gasteiger partial charge in [0.05, 0.1) is 6.61 Å². The summed E-state index contributed by atoms with van der Waals surface area (Å²) < 4.78 is 7.96. The van der Waals surface area contributed by atoms with Gasteiger partial charge in [0.25, 0.3) is 0 Å². The van der Waals surface area contributed by atoms with Gasteiger partial charge in [-0.05, 0) is 25.0 Å². The number of nitrogens with zero attached hydrogens (tertiary/aromatic N) is 2. The first-order valence-corrected chi connectivity index (χ1v) is 9.33. The Morgan fingerprint density at radius 3 is 2.68 bits per heavy atom. The van der Waals surface area contributed by atoms with E-state index in [9.17, 15) is 9.59 Å². The number of aliphatic carboxylic acids is 1. The monoisotopic (exact) mass is 382 g/mol. The fourth-order valence-electron chi connectivity index (χ4n) is 3.12. The van der Waals surface area contributed by atoms with Crippen molar-refractivity contribution in [2.45, 2.75) is 32.2 Å². The summed E-state index contributed by atoms with van der Waals surface area (Å²) >= 11 is 0. The van der Waals surface area contributed by atoms with Gasteiger partial charge in [-0.2, -0.15) is 4.57 Å². The summed E-state index contributed by atoms with van der Waals surface area (Å²) in [7, 11) is 1.99. The lowest BCUT2D eigenvalue weighted by Crippen LogP contribution is -2.40. The Bertz CT molecular complexity index is 1020. The van der Waals surface area contributed by atoms with Crippen LogP contribution in [0.15, 0.2) is 42.5 Å². The molecule has 1 amide bonds. The molecule has 3 rings (SSSR count). The maximum atomic E-state index is 11.9. The quantitative estimate of drug-likeness (QED) is 0.354. The molecule has 0 saturated carbocycles. The average molecular weight is 382 g/mol. The van der Waals surface area contributed by atoms with Gasteiger partial charge in [-0.1, -0.05) is 25.1 Å². The fourth-order valence-corrected chi connectivity index (χ4v) is 3.12. The van der Waals surface area contributed by atoms with E-state index in [2.05, 4.69) is 9.88 Å². The first-order valence-electron chi connectivity index (χ1n) is 9.33. The number of carbonyl (C=O) groups excluding carboxylic acids is 1. The molecule has 1 aromatic heterocycles. The Balaban J connectivity index is 1.67. The van der Waals surface area contributed by atoms with Gasteiger partial charge in [0, 0.05) is 18.6 Å². The van der Waals surface area contributed by atoms with Crippen LogP contribution in [0.2, 0.25) is 0 Å². The normalized spacial score (nSPS) is 12.1. The van der Waals surface area contributed by atoms with Gasteiger partial charge in [0.2, 0.25) is 16.9 Å². The lowest BCUT2D eigenvalue weighted by atomic mass is 10.2. The molecule has 3 aromatic rings. The minimum atomic E-state index is -1.02. The Labute approximate surface area is 163 Å². The van der Waals surface area contributed by atoms with Crippen LogP contribution in [0.25, 0.3) is 22.1 Å². The van der Waals surface area contributed by atoms with Crippen LogP contribution in [-0.2, 0) is 16.6 Å². The highest BCUT2D eigenvalue weighted by atomic mass is 16.5. The highest BCUT2D eigenvalue weighted by Crippen LogP contribution is 2.23. The molecule has 2 N–H and O–H groups in total. The summed E-state index contributed by atoms with van der Waals surface area (Å²) in [5, 5.41) is 11.5. The van der Waals surface area contributed by atoms with E-state index < -0.39 is 12.0 Å². The minimum absolute atomic E-state index is 0.207. The highest BCUT2D eigenvalue weighted by Gasteiger charge is 2.18. The molecular weight excluding hydrogens is 358 g/mol. The van der Waals surface area contributed by atoms with Gasteiger partial charge in [-0.25, -0.2) is 9.78 Å². The predicted octanol–water partition coefficient (Wildman–Crippen LogP) is 2.35. The molecular formula is C21H24N3O4+. The number of fused-ring (bicyclic) bond motifs is 2. The standard InChI is InChI=1S/C21H23N3O4/c1-3-14(21(26)27)22-19(25)12-7-13-28-18-11-6-10-17-20(18)23-15-8-4-5-9-16(15)24(17)2/h4-6,8-11,14H,3,7,12-13H2,1-2H3,(H-,22,25,26,27)/p+1. The summed E-state index contributed by atoms with van der Waals surface area (Å²) in [6.45, 7) is 2.06. The molecule has 1 atom stereocenters. The van der Waals surface area contributed by atoms with E-state index in [1.165, 1.54) is 0 Å². The average Bonchev–Trinajstić information content (AvgIpc) is 2.69. The van der Waals surface area contributed by atoms with Gasteiger partial charge >= 0.3 is 5.97 Å². The van der Waals surface area contributed by atoms with E-state index in [1.54, 1.807) is 6.92 Å². The lowest BCUT2D eigenvalue weighted by Gasteiger charge is -2.12. The second-order valence-electron chi connectivity index (χ2n) is 6.60. The van der Waals surface area contributed by atoms with Crippen LogP contribution >= 0.6 is 0 Å². The van der Waals surface area contributed by atoms with Crippen LogP contribution in [0.3, 0.4) is 0 Å². The number of ether oxygens (including phenoxy) is 1. The van der Waals surface area contributed by atoms with Crippen molar-refractivity contribution < 1.29 is 24.0 Å². The molecule has 7 nitrogen and oxygen atoms in total. The SMILES string of the molecule is CCC(NC(=O)CCCOc1cccc2c1nc1ccccc1[n+]2C)C(=O)O. The molecule has 28 heavy (non-hydrogen) atoms.